The Morgan fingerprint density at radius 1 is 1.67 bits per heavy atom. The van der Waals surface area contributed by atoms with Crippen molar-refractivity contribution < 1.29 is 19.5 Å². The normalized spacial score (nSPS) is 28.4. The van der Waals surface area contributed by atoms with Gasteiger partial charge in [0.05, 0.1) is 0 Å². The van der Waals surface area contributed by atoms with E-state index in [2.05, 4.69) is 4.99 Å². The first-order valence-electron chi connectivity index (χ1n) is 3.11. The van der Waals surface area contributed by atoms with Crippen molar-refractivity contribution in [3.63, 3.8) is 0 Å². The second-order valence-corrected chi connectivity index (χ2v) is 2.52. The van der Waals surface area contributed by atoms with Gasteiger partial charge in [-0.1, -0.05) is 0 Å². The molecule has 64 valence electrons. The molecular weight excluding hydrogens is 164 g/mol. The molecule has 2 N–H and O–H groups in total. The number of carbonyl (C=O) groups excluding carboxylic acids is 2. The third-order valence-corrected chi connectivity index (χ3v) is 1.58. The summed E-state index contributed by atoms with van der Waals surface area (Å²) in [6.45, 7) is 1.17. The van der Waals surface area contributed by atoms with Crippen molar-refractivity contribution in [2.24, 2.45) is 10.4 Å². The van der Waals surface area contributed by atoms with Gasteiger partial charge in [-0.25, -0.2) is 9.79 Å². The van der Waals surface area contributed by atoms with Gasteiger partial charge in [0.2, 0.25) is 0 Å². The van der Waals surface area contributed by atoms with Crippen LogP contribution in [0.4, 0.5) is 4.79 Å². The van der Waals surface area contributed by atoms with Crippen LogP contribution in [0.1, 0.15) is 6.92 Å². The maximum atomic E-state index is 11.0. The maximum absolute atomic E-state index is 11.0. The van der Waals surface area contributed by atoms with Crippen molar-refractivity contribution in [2.75, 3.05) is 0 Å². The van der Waals surface area contributed by atoms with Gasteiger partial charge in [-0.05, 0) is 6.92 Å². The third-order valence-electron chi connectivity index (χ3n) is 1.58. The van der Waals surface area contributed by atoms with E-state index in [9.17, 15) is 14.4 Å². The number of nitrogens with zero attached hydrogens (tertiary/aromatic N) is 1. The average Bonchev–Trinajstić information content (AvgIpc) is 1.97. The van der Waals surface area contributed by atoms with Crippen molar-refractivity contribution in [1.29, 1.82) is 0 Å². The van der Waals surface area contributed by atoms with Crippen molar-refractivity contribution in [3.05, 3.63) is 0 Å². The van der Waals surface area contributed by atoms with Gasteiger partial charge < -0.3 is 5.11 Å². The molecule has 3 amide bonds. The highest BCUT2D eigenvalue weighted by molar-refractivity contribution is 6.22. The zero-order valence-corrected chi connectivity index (χ0v) is 6.20. The number of nitrogens with one attached hydrogen (secondary N) is 1. The minimum Gasteiger partial charge on any atom is -0.480 e. The standard InChI is InChI=1S/C6H6N2O4/c1-6(4(10)11)2-7-5(12)8-3(6)9/h2H,1H3,(H,10,11)(H,8,9,12). The lowest BCUT2D eigenvalue weighted by molar-refractivity contribution is -0.149. The molecule has 12 heavy (non-hydrogen) atoms. The molecule has 1 aliphatic rings. The number of imide groups is 1. The van der Waals surface area contributed by atoms with Crippen LogP contribution in [0.15, 0.2) is 4.99 Å². The van der Waals surface area contributed by atoms with Gasteiger partial charge in [-0.15, -0.1) is 0 Å². The van der Waals surface area contributed by atoms with Crippen LogP contribution in [0.2, 0.25) is 0 Å². The van der Waals surface area contributed by atoms with E-state index in [1.54, 1.807) is 5.32 Å². The Bertz CT molecular complexity index is 296. The lowest BCUT2D eigenvalue weighted by Gasteiger charge is -2.20. The predicted molar refractivity (Wildman–Crippen MR) is 37.8 cm³/mol. The molecule has 1 heterocycles. The highest BCUT2D eigenvalue weighted by atomic mass is 16.4. The second kappa shape index (κ2) is 2.40. The summed E-state index contributed by atoms with van der Waals surface area (Å²) >= 11 is 0. The highest BCUT2D eigenvalue weighted by Gasteiger charge is 2.43. The molecule has 1 unspecified atom stereocenters. The van der Waals surface area contributed by atoms with Crippen molar-refractivity contribution in [1.82, 2.24) is 5.32 Å². The van der Waals surface area contributed by atoms with Crippen LogP contribution in [-0.4, -0.2) is 29.2 Å². The van der Waals surface area contributed by atoms with E-state index in [1.807, 2.05) is 0 Å². The molecule has 1 atom stereocenters. The minimum atomic E-state index is -1.73. The number of carboxylic acid groups (broad SMARTS) is 1. The van der Waals surface area contributed by atoms with Crippen molar-refractivity contribution in [2.45, 2.75) is 6.92 Å². The van der Waals surface area contributed by atoms with E-state index >= 15 is 0 Å². The molecule has 0 aromatic rings. The molecule has 0 radical (unpaired) electrons. The van der Waals surface area contributed by atoms with Gasteiger partial charge >= 0.3 is 12.0 Å². The number of carboxylic acids is 1. The molecule has 0 bridgehead atoms. The average molecular weight is 170 g/mol. The predicted octanol–water partition coefficient (Wildman–Crippen LogP) is -0.602. The molecular formula is C6H6N2O4. The quantitative estimate of drug-likeness (QED) is 0.513. The summed E-state index contributed by atoms with van der Waals surface area (Å²) in [5.74, 6) is -2.20. The van der Waals surface area contributed by atoms with Gasteiger partial charge in [0.25, 0.3) is 5.91 Å². The van der Waals surface area contributed by atoms with E-state index < -0.39 is 23.3 Å². The van der Waals surface area contributed by atoms with Gasteiger partial charge in [-0.3, -0.25) is 14.9 Å². The molecule has 0 aromatic carbocycles. The summed E-state index contributed by atoms with van der Waals surface area (Å²) in [5.41, 5.74) is -1.73. The van der Waals surface area contributed by atoms with Crippen LogP contribution in [0.25, 0.3) is 0 Å². The lowest BCUT2D eigenvalue weighted by Crippen LogP contribution is -2.50. The van der Waals surface area contributed by atoms with E-state index in [1.165, 1.54) is 6.92 Å². The highest BCUT2D eigenvalue weighted by Crippen LogP contribution is 2.16. The SMILES string of the molecule is CC1(C(=O)O)C=NC(=O)NC1=O. The summed E-state index contributed by atoms with van der Waals surface area (Å²) in [4.78, 5) is 35.1. The van der Waals surface area contributed by atoms with Gasteiger partial charge in [0.15, 0.2) is 5.41 Å². The third kappa shape index (κ3) is 1.07. The Hall–Kier alpha value is -1.72. The second-order valence-electron chi connectivity index (χ2n) is 2.52. The van der Waals surface area contributed by atoms with Gasteiger partial charge in [-0.2, -0.15) is 0 Å². The van der Waals surface area contributed by atoms with Crippen LogP contribution >= 0.6 is 0 Å². The summed E-state index contributed by atoms with van der Waals surface area (Å²) in [6.07, 6.45) is 0.830. The number of hydrogen-bond donors (Lipinski definition) is 2. The van der Waals surface area contributed by atoms with E-state index in [4.69, 9.17) is 5.11 Å². The fourth-order valence-corrected chi connectivity index (χ4v) is 0.658. The molecule has 0 aromatic heterocycles. The summed E-state index contributed by atoms with van der Waals surface area (Å²) in [5, 5.41) is 10.4. The number of amides is 3. The molecule has 0 saturated heterocycles. The Labute approximate surface area is 67.3 Å². The van der Waals surface area contributed by atoms with Crippen LogP contribution in [0, 0.1) is 5.41 Å². The van der Waals surface area contributed by atoms with Crippen LogP contribution in [-0.2, 0) is 9.59 Å². The number of hydrogen-bond acceptors (Lipinski definition) is 3. The first kappa shape index (κ1) is 8.38. The number of aliphatic imine (C=N–C) groups is 1. The topological polar surface area (TPSA) is 95.8 Å². The fraction of sp³-hybridized carbons (Fsp3) is 0.333. The molecule has 1 rings (SSSR count). The molecule has 0 saturated carbocycles. The maximum Gasteiger partial charge on any atom is 0.347 e. The Morgan fingerprint density at radius 2 is 2.25 bits per heavy atom. The molecule has 0 aliphatic carbocycles. The minimum absolute atomic E-state index is 0.830. The fourth-order valence-electron chi connectivity index (χ4n) is 0.658. The molecule has 0 fully saturated rings. The van der Waals surface area contributed by atoms with Crippen LogP contribution in [0.5, 0.6) is 0 Å². The number of rotatable bonds is 1. The van der Waals surface area contributed by atoms with Gasteiger partial charge in [0, 0.05) is 6.21 Å². The number of carbonyl (C=O) groups is 3. The number of urea groups is 1. The summed E-state index contributed by atoms with van der Waals surface area (Å²) < 4.78 is 0. The zero-order chi connectivity index (χ0) is 9.35. The van der Waals surface area contributed by atoms with E-state index in [0.29, 0.717) is 0 Å². The van der Waals surface area contributed by atoms with Crippen LogP contribution < -0.4 is 5.32 Å². The monoisotopic (exact) mass is 170 g/mol. The molecule has 1 aliphatic heterocycles. The smallest absolute Gasteiger partial charge is 0.347 e. The first-order chi connectivity index (χ1) is 5.47. The van der Waals surface area contributed by atoms with Crippen molar-refractivity contribution >= 4 is 24.1 Å². The zero-order valence-electron chi connectivity index (χ0n) is 6.20. The van der Waals surface area contributed by atoms with E-state index in [-0.39, 0.29) is 0 Å². The van der Waals surface area contributed by atoms with E-state index in [0.717, 1.165) is 6.21 Å². The van der Waals surface area contributed by atoms with Gasteiger partial charge in [0.1, 0.15) is 0 Å². The summed E-state index contributed by atoms with van der Waals surface area (Å²) in [7, 11) is 0. The Kier molecular flexibility index (Phi) is 1.68. The summed E-state index contributed by atoms with van der Waals surface area (Å²) in [6, 6.07) is -0.835. The Balaban J connectivity index is 3.07. The van der Waals surface area contributed by atoms with Crippen LogP contribution in [0.3, 0.4) is 0 Å². The molecule has 6 heteroatoms. The van der Waals surface area contributed by atoms with Crippen molar-refractivity contribution in [3.8, 4) is 0 Å². The molecule has 6 nitrogen and oxygen atoms in total. The largest absolute Gasteiger partial charge is 0.480 e. The molecule has 0 spiro atoms. The number of aliphatic carboxylic acids is 1. The Morgan fingerprint density at radius 3 is 2.67 bits per heavy atom. The first-order valence-corrected chi connectivity index (χ1v) is 3.11. The lowest BCUT2D eigenvalue weighted by atomic mass is 9.90.